The lowest BCUT2D eigenvalue weighted by Crippen LogP contribution is -2.44. The van der Waals surface area contributed by atoms with Crippen LogP contribution in [-0.2, 0) is 9.47 Å². The number of nitrogens with zero attached hydrogens (tertiary/aromatic N) is 1. The molecule has 0 aliphatic carbocycles. The molecule has 5 nitrogen and oxygen atoms in total. The molecule has 0 bridgehead atoms. The van der Waals surface area contributed by atoms with Crippen molar-refractivity contribution >= 4 is 22.4 Å². The normalized spacial score (nSPS) is 20.4. The standard InChI is InChI=1S/C13H20N2O3S/c1-13(2,3)18-12(16)15-6-7-17-9(8-15)10-4-5-11(14)19-10/h4-5,9H,6-8,14H2,1-3H3. The van der Waals surface area contributed by atoms with Crippen LogP contribution >= 0.6 is 11.3 Å². The SMILES string of the molecule is CC(C)(C)OC(=O)N1CCOC(c2ccc(N)s2)C1. The Hall–Kier alpha value is -1.27. The molecule has 0 radical (unpaired) electrons. The molecule has 2 heterocycles. The van der Waals surface area contributed by atoms with E-state index in [-0.39, 0.29) is 12.2 Å². The van der Waals surface area contributed by atoms with Gasteiger partial charge in [-0.1, -0.05) is 0 Å². The van der Waals surface area contributed by atoms with Crippen molar-refractivity contribution in [2.45, 2.75) is 32.5 Å². The molecule has 1 aliphatic rings. The van der Waals surface area contributed by atoms with Crippen LogP contribution in [0.4, 0.5) is 9.80 Å². The van der Waals surface area contributed by atoms with Gasteiger partial charge in [0.05, 0.1) is 18.2 Å². The predicted molar refractivity (Wildman–Crippen MR) is 75.2 cm³/mol. The molecule has 2 rings (SSSR count). The van der Waals surface area contributed by atoms with Crippen molar-refractivity contribution in [3.63, 3.8) is 0 Å². The van der Waals surface area contributed by atoms with Gasteiger partial charge in [-0.3, -0.25) is 0 Å². The number of anilines is 1. The summed E-state index contributed by atoms with van der Waals surface area (Å²) < 4.78 is 11.1. The van der Waals surface area contributed by atoms with Crippen molar-refractivity contribution in [1.29, 1.82) is 0 Å². The summed E-state index contributed by atoms with van der Waals surface area (Å²) in [4.78, 5) is 14.8. The molecule has 106 valence electrons. The Morgan fingerprint density at radius 2 is 2.26 bits per heavy atom. The van der Waals surface area contributed by atoms with Gasteiger partial charge in [0.25, 0.3) is 0 Å². The fourth-order valence-corrected chi connectivity index (χ4v) is 2.67. The van der Waals surface area contributed by atoms with Crippen molar-refractivity contribution in [2.24, 2.45) is 0 Å². The number of amides is 1. The van der Waals surface area contributed by atoms with Crippen molar-refractivity contribution in [3.8, 4) is 0 Å². The van der Waals surface area contributed by atoms with Gasteiger partial charge in [-0.15, -0.1) is 11.3 Å². The minimum atomic E-state index is -0.474. The van der Waals surface area contributed by atoms with E-state index in [0.717, 1.165) is 9.88 Å². The number of carbonyl (C=O) groups is 1. The topological polar surface area (TPSA) is 64.8 Å². The van der Waals surface area contributed by atoms with Crippen LogP contribution in [0.2, 0.25) is 0 Å². The highest BCUT2D eigenvalue weighted by atomic mass is 32.1. The summed E-state index contributed by atoms with van der Waals surface area (Å²) in [7, 11) is 0. The molecule has 1 aromatic heterocycles. The number of morpholine rings is 1. The number of hydrogen-bond donors (Lipinski definition) is 1. The second-order valence-corrected chi connectivity index (χ2v) is 6.67. The summed E-state index contributed by atoms with van der Waals surface area (Å²) >= 11 is 1.50. The Bertz CT molecular complexity index is 453. The fraction of sp³-hybridized carbons (Fsp3) is 0.615. The van der Waals surface area contributed by atoms with Gasteiger partial charge in [-0.05, 0) is 32.9 Å². The fourth-order valence-electron chi connectivity index (χ4n) is 1.86. The van der Waals surface area contributed by atoms with Gasteiger partial charge < -0.3 is 20.1 Å². The lowest BCUT2D eigenvalue weighted by molar-refractivity contribution is -0.0420. The van der Waals surface area contributed by atoms with Crippen LogP contribution in [-0.4, -0.2) is 36.3 Å². The Morgan fingerprint density at radius 3 is 2.84 bits per heavy atom. The lowest BCUT2D eigenvalue weighted by Gasteiger charge is -2.33. The minimum Gasteiger partial charge on any atom is -0.444 e. The molecule has 6 heteroatoms. The van der Waals surface area contributed by atoms with E-state index in [1.54, 1.807) is 4.90 Å². The van der Waals surface area contributed by atoms with E-state index >= 15 is 0 Å². The van der Waals surface area contributed by atoms with Crippen LogP contribution < -0.4 is 5.73 Å². The van der Waals surface area contributed by atoms with Crippen LogP contribution in [0, 0.1) is 0 Å². The van der Waals surface area contributed by atoms with Crippen molar-refractivity contribution in [3.05, 3.63) is 17.0 Å². The van der Waals surface area contributed by atoms with E-state index in [2.05, 4.69) is 0 Å². The Balaban J connectivity index is 1.99. The zero-order chi connectivity index (χ0) is 14.0. The maximum absolute atomic E-state index is 12.0. The molecule has 0 aromatic carbocycles. The van der Waals surface area contributed by atoms with Crippen LogP contribution in [0.1, 0.15) is 31.8 Å². The lowest BCUT2D eigenvalue weighted by atomic mass is 10.2. The molecule has 1 unspecified atom stereocenters. The predicted octanol–water partition coefficient (Wildman–Crippen LogP) is 2.64. The largest absolute Gasteiger partial charge is 0.444 e. The minimum absolute atomic E-state index is 0.108. The molecule has 2 N–H and O–H groups in total. The van der Waals surface area contributed by atoms with Crippen LogP contribution in [0.3, 0.4) is 0 Å². The molecule has 0 saturated carbocycles. The van der Waals surface area contributed by atoms with Gasteiger partial charge in [-0.2, -0.15) is 0 Å². The monoisotopic (exact) mass is 284 g/mol. The average molecular weight is 284 g/mol. The summed E-state index contributed by atoms with van der Waals surface area (Å²) in [6.45, 7) is 7.18. The molecular weight excluding hydrogens is 264 g/mol. The highest BCUT2D eigenvalue weighted by Gasteiger charge is 2.29. The number of ether oxygens (including phenoxy) is 2. The highest BCUT2D eigenvalue weighted by Crippen LogP contribution is 2.30. The van der Waals surface area contributed by atoms with E-state index in [1.807, 2.05) is 32.9 Å². The zero-order valence-electron chi connectivity index (χ0n) is 11.5. The first kappa shape index (κ1) is 14.1. The van der Waals surface area contributed by atoms with Crippen molar-refractivity contribution in [2.75, 3.05) is 25.4 Å². The van der Waals surface area contributed by atoms with Crippen LogP contribution in [0.15, 0.2) is 12.1 Å². The smallest absolute Gasteiger partial charge is 0.410 e. The molecule has 1 saturated heterocycles. The number of thiophene rings is 1. The van der Waals surface area contributed by atoms with Crippen LogP contribution in [0.25, 0.3) is 0 Å². The summed E-state index contributed by atoms with van der Waals surface area (Å²) in [6, 6.07) is 3.80. The van der Waals surface area contributed by atoms with E-state index in [1.165, 1.54) is 11.3 Å². The molecule has 1 amide bonds. The maximum Gasteiger partial charge on any atom is 0.410 e. The van der Waals surface area contributed by atoms with Crippen molar-refractivity contribution < 1.29 is 14.3 Å². The zero-order valence-corrected chi connectivity index (χ0v) is 12.3. The maximum atomic E-state index is 12.0. The van der Waals surface area contributed by atoms with E-state index < -0.39 is 5.60 Å². The number of nitrogens with two attached hydrogens (primary N) is 1. The number of hydrogen-bond acceptors (Lipinski definition) is 5. The third-order valence-electron chi connectivity index (χ3n) is 2.68. The first-order valence-corrected chi connectivity index (χ1v) is 7.11. The van der Waals surface area contributed by atoms with Crippen LogP contribution in [0.5, 0.6) is 0 Å². The molecule has 1 aliphatic heterocycles. The quantitative estimate of drug-likeness (QED) is 0.861. The molecule has 1 atom stereocenters. The number of rotatable bonds is 1. The summed E-state index contributed by atoms with van der Waals surface area (Å²) in [5, 5.41) is 0.757. The van der Waals surface area contributed by atoms with Gasteiger partial charge >= 0.3 is 6.09 Å². The summed E-state index contributed by atoms with van der Waals surface area (Å²) in [6.07, 6.45) is -0.395. The first-order valence-electron chi connectivity index (χ1n) is 6.30. The molecule has 0 spiro atoms. The number of nitrogen functional groups attached to an aromatic ring is 1. The third-order valence-corrected chi connectivity index (χ3v) is 3.69. The Morgan fingerprint density at radius 1 is 1.53 bits per heavy atom. The number of carbonyl (C=O) groups excluding carboxylic acids is 1. The average Bonchev–Trinajstić information content (AvgIpc) is 2.74. The van der Waals surface area contributed by atoms with E-state index in [0.29, 0.717) is 19.7 Å². The first-order chi connectivity index (χ1) is 8.85. The molecule has 19 heavy (non-hydrogen) atoms. The third kappa shape index (κ3) is 3.84. The summed E-state index contributed by atoms with van der Waals surface area (Å²) in [5.74, 6) is 0. The molecular formula is C13H20N2O3S. The summed E-state index contributed by atoms with van der Waals surface area (Å²) in [5.41, 5.74) is 5.25. The second-order valence-electron chi connectivity index (χ2n) is 5.53. The molecule has 1 fully saturated rings. The van der Waals surface area contributed by atoms with Gasteiger partial charge in [0.1, 0.15) is 11.7 Å². The van der Waals surface area contributed by atoms with Crippen molar-refractivity contribution in [1.82, 2.24) is 4.90 Å². The highest BCUT2D eigenvalue weighted by molar-refractivity contribution is 7.15. The molecule has 1 aromatic rings. The van der Waals surface area contributed by atoms with E-state index in [4.69, 9.17) is 15.2 Å². The van der Waals surface area contributed by atoms with Gasteiger partial charge in [-0.25, -0.2) is 4.79 Å². The Kier molecular flexibility index (Phi) is 4.01. The van der Waals surface area contributed by atoms with Gasteiger partial charge in [0.15, 0.2) is 0 Å². The van der Waals surface area contributed by atoms with Gasteiger partial charge in [0, 0.05) is 11.4 Å². The second kappa shape index (κ2) is 5.38. The van der Waals surface area contributed by atoms with E-state index in [9.17, 15) is 4.79 Å². The Labute approximate surface area is 117 Å². The van der Waals surface area contributed by atoms with Gasteiger partial charge in [0.2, 0.25) is 0 Å².